The van der Waals surface area contributed by atoms with Crippen LogP contribution in [0.2, 0.25) is 0 Å². The monoisotopic (exact) mass is 278 g/mol. The average Bonchev–Trinajstić information content (AvgIpc) is 2.99. The van der Waals surface area contributed by atoms with Crippen molar-refractivity contribution in [2.75, 3.05) is 12.0 Å². The van der Waals surface area contributed by atoms with Gasteiger partial charge in [-0.3, -0.25) is 9.69 Å². The molecule has 2 aromatic rings. The van der Waals surface area contributed by atoms with Gasteiger partial charge < -0.3 is 10.7 Å². The molecule has 0 unspecified atom stereocenters. The van der Waals surface area contributed by atoms with E-state index in [1.807, 2.05) is 11.4 Å². The van der Waals surface area contributed by atoms with Crippen molar-refractivity contribution in [1.82, 2.24) is 20.2 Å². The van der Waals surface area contributed by atoms with E-state index >= 15 is 0 Å². The molecular weight excluding hydrogens is 268 g/mol. The maximum Gasteiger partial charge on any atom is 0.325 e. The van der Waals surface area contributed by atoms with Crippen molar-refractivity contribution < 1.29 is 9.59 Å². The predicted molar refractivity (Wildman–Crippen MR) is 69.2 cm³/mol. The molecule has 8 nitrogen and oxygen atoms in total. The number of nitrogens with two attached hydrogens (primary N) is 1. The van der Waals surface area contributed by atoms with E-state index in [-0.39, 0.29) is 19.0 Å². The van der Waals surface area contributed by atoms with Crippen molar-refractivity contribution >= 4 is 39.3 Å². The average molecular weight is 278 g/mol. The zero-order chi connectivity index (χ0) is 13.4. The number of rotatable bonds is 3. The highest BCUT2D eigenvalue weighted by molar-refractivity contribution is 7.16. The zero-order valence-corrected chi connectivity index (χ0v) is 10.5. The van der Waals surface area contributed by atoms with Crippen LogP contribution in [0.3, 0.4) is 0 Å². The fraction of sp³-hybridized carbons (Fsp3) is 0.200. The van der Waals surface area contributed by atoms with E-state index in [9.17, 15) is 9.59 Å². The Morgan fingerprint density at radius 3 is 3.00 bits per heavy atom. The van der Waals surface area contributed by atoms with E-state index in [1.165, 1.54) is 11.3 Å². The number of carbonyl (C=O) groups excluding carboxylic acids is 2. The number of aromatic nitrogens is 2. The minimum absolute atomic E-state index is 0.0159. The van der Waals surface area contributed by atoms with Gasteiger partial charge in [0.25, 0.3) is 0 Å². The first-order chi connectivity index (χ1) is 9.19. The molecule has 19 heavy (non-hydrogen) atoms. The molecule has 9 heteroatoms. The quantitative estimate of drug-likeness (QED) is 0.414. The van der Waals surface area contributed by atoms with Crippen molar-refractivity contribution in [3.8, 4) is 0 Å². The van der Waals surface area contributed by atoms with E-state index in [1.54, 1.807) is 0 Å². The van der Waals surface area contributed by atoms with Crippen LogP contribution in [-0.2, 0) is 11.3 Å². The molecule has 1 fully saturated rings. The Morgan fingerprint density at radius 2 is 2.32 bits per heavy atom. The van der Waals surface area contributed by atoms with Gasteiger partial charge in [-0.2, -0.15) is 0 Å². The molecule has 1 aliphatic rings. The van der Waals surface area contributed by atoms with E-state index < -0.39 is 6.03 Å². The summed E-state index contributed by atoms with van der Waals surface area (Å²) in [6, 6.07) is 1.43. The maximum atomic E-state index is 11.5. The number of nitrogens with zero attached hydrogens (tertiary/aromatic N) is 3. The summed E-state index contributed by atoms with van der Waals surface area (Å²) in [4.78, 5) is 33.3. The third-order valence-electron chi connectivity index (χ3n) is 2.74. The number of urea groups is 1. The smallest absolute Gasteiger partial charge is 0.325 e. The molecule has 0 saturated carbocycles. The Bertz CT molecular complexity index is 653. The molecule has 0 aromatic carbocycles. The molecule has 3 heterocycles. The number of thiophene rings is 1. The SMILES string of the molecule is NNc1nc(CN2C(=O)CNC2=O)nc2sccc12. The second-order valence-electron chi connectivity index (χ2n) is 3.91. The molecule has 2 aromatic heterocycles. The van der Waals surface area contributed by atoms with Crippen LogP contribution < -0.4 is 16.6 Å². The van der Waals surface area contributed by atoms with E-state index in [4.69, 9.17) is 5.84 Å². The van der Waals surface area contributed by atoms with Crippen LogP contribution >= 0.6 is 11.3 Å². The minimum atomic E-state index is -0.429. The van der Waals surface area contributed by atoms with E-state index in [0.29, 0.717) is 11.6 Å². The molecule has 3 amide bonds. The topological polar surface area (TPSA) is 113 Å². The van der Waals surface area contributed by atoms with Gasteiger partial charge in [0, 0.05) is 0 Å². The van der Waals surface area contributed by atoms with Gasteiger partial charge in [0.1, 0.15) is 4.83 Å². The Hall–Kier alpha value is -2.26. The Morgan fingerprint density at radius 1 is 1.47 bits per heavy atom. The Labute approximate surface area is 111 Å². The number of hydrogen-bond donors (Lipinski definition) is 3. The molecule has 0 atom stereocenters. The minimum Gasteiger partial charge on any atom is -0.329 e. The largest absolute Gasteiger partial charge is 0.329 e. The third kappa shape index (κ3) is 1.98. The van der Waals surface area contributed by atoms with Crippen LogP contribution in [0.1, 0.15) is 5.82 Å². The standard InChI is InChI=1S/C10H10N6O2S/c11-15-8-5-1-2-19-9(5)14-6(13-8)4-16-7(17)3-12-10(16)18/h1-2H,3-4,11H2,(H,12,18)(H,13,14,15). The summed E-state index contributed by atoms with van der Waals surface area (Å²) < 4.78 is 0. The number of imide groups is 1. The molecule has 98 valence electrons. The number of hydrazine groups is 1. The second kappa shape index (κ2) is 4.44. The first-order valence-electron chi connectivity index (χ1n) is 5.48. The van der Waals surface area contributed by atoms with Gasteiger partial charge in [0.15, 0.2) is 11.6 Å². The van der Waals surface area contributed by atoms with Crippen molar-refractivity contribution in [2.24, 2.45) is 5.84 Å². The van der Waals surface area contributed by atoms with Crippen LogP contribution in [0.25, 0.3) is 10.2 Å². The molecular formula is C10H10N6O2S. The first-order valence-corrected chi connectivity index (χ1v) is 6.36. The summed E-state index contributed by atoms with van der Waals surface area (Å²) in [6.07, 6.45) is 0. The lowest BCUT2D eigenvalue weighted by Crippen LogP contribution is -2.31. The van der Waals surface area contributed by atoms with Crippen LogP contribution in [0, 0.1) is 0 Å². The molecule has 1 aliphatic heterocycles. The predicted octanol–water partition coefficient (Wildman–Crippen LogP) is 0.0287. The van der Waals surface area contributed by atoms with Crippen molar-refractivity contribution in [2.45, 2.75) is 6.54 Å². The van der Waals surface area contributed by atoms with Crippen LogP contribution in [0.4, 0.5) is 10.6 Å². The summed E-state index contributed by atoms with van der Waals surface area (Å²) in [5, 5.41) is 5.13. The van der Waals surface area contributed by atoms with E-state index in [0.717, 1.165) is 15.1 Å². The summed E-state index contributed by atoms with van der Waals surface area (Å²) in [7, 11) is 0. The lowest BCUT2D eigenvalue weighted by molar-refractivity contribution is -0.125. The molecule has 1 saturated heterocycles. The van der Waals surface area contributed by atoms with Gasteiger partial charge in [0.05, 0.1) is 18.5 Å². The van der Waals surface area contributed by atoms with Crippen molar-refractivity contribution in [1.29, 1.82) is 0 Å². The lowest BCUT2D eigenvalue weighted by Gasteiger charge is -2.12. The highest BCUT2D eigenvalue weighted by Gasteiger charge is 2.29. The van der Waals surface area contributed by atoms with Crippen molar-refractivity contribution in [3.63, 3.8) is 0 Å². The van der Waals surface area contributed by atoms with Gasteiger partial charge in [-0.15, -0.1) is 11.3 Å². The van der Waals surface area contributed by atoms with Gasteiger partial charge in [-0.25, -0.2) is 20.6 Å². The number of nitrogens with one attached hydrogen (secondary N) is 2. The summed E-state index contributed by atoms with van der Waals surface area (Å²) in [5.41, 5.74) is 2.50. The second-order valence-corrected chi connectivity index (χ2v) is 4.81. The number of carbonyl (C=O) groups is 2. The number of fused-ring (bicyclic) bond motifs is 1. The van der Waals surface area contributed by atoms with Crippen LogP contribution in [-0.4, -0.2) is 33.4 Å². The number of anilines is 1. The van der Waals surface area contributed by atoms with E-state index in [2.05, 4.69) is 20.7 Å². The lowest BCUT2D eigenvalue weighted by atomic mass is 10.3. The third-order valence-corrected chi connectivity index (χ3v) is 3.55. The molecule has 0 radical (unpaired) electrons. The number of hydrogen-bond acceptors (Lipinski definition) is 7. The summed E-state index contributed by atoms with van der Waals surface area (Å²) in [6.45, 7) is 0.0509. The summed E-state index contributed by atoms with van der Waals surface area (Å²) in [5.74, 6) is 5.97. The Balaban J connectivity index is 1.96. The van der Waals surface area contributed by atoms with Gasteiger partial charge in [0.2, 0.25) is 5.91 Å². The summed E-state index contributed by atoms with van der Waals surface area (Å²) >= 11 is 1.44. The molecule has 0 aliphatic carbocycles. The van der Waals surface area contributed by atoms with Crippen molar-refractivity contribution in [3.05, 3.63) is 17.3 Å². The van der Waals surface area contributed by atoms with Gasteiger partial charge in [-0.1, -0.05) is 0 Å². The van der Waals surface area contributed by atoms with Gasteiger partial charge >= 0.3 is 6.03 Å². The van der Waals surface area contributed by atoms with Crippen LogP contribution in [0.5, 0.6) is 0 Å². The zero-order valence-electron chi connectivity index (χ0n) is 9.71. The normalized spacial score (nSPS) is 15.1. The molecule has 3 rings (SSSR count). The highest BCUT2D eigenvalue weighted by atomic mass is 32.1. The van der Waals surface area contributed by atoms with Gasteiger partial charge in [-0.05, 0) is 11.4 Å². The number of amides is 3. The molecule has 0 bridgehead atoms. The fourth-order valence-electron chi connectivity index (χ4n) is 1.84. The Kier molecular flexibility index (Phi) is 2.76. The maximum absolute atomic E-state index is 11.5. The number of nitrogen functional groups attached to an aromatic ring is 1. The van der Waals surface area contributed by atoms with Crippen LogP contribution in [0.15, 0.2) is 11.4 Å². The molecule has 0 spiro atoms. The fourth-order valence-corrected chi connectivity index (χ4v) is 2.62. The first kappa shape index (κ1) is 11.8. The molecule has 4 N–H and O–H groups in total. The highest BCUT2D eigenvalue weighted by Crippen LogP contribution is 2.24.